The number of carbonyl (C=O) groups is 3. The van der Waals surface area contributed by atoms with Crippen molar-refractivity contribution in [3.63, 3.8) is 0 Å². The predicted octanol–water partition coefficient (Wildman–Crippen LogP) is 1.38. The molecule has 0 radical (unpaired) electrons. The Balaban J connectivity index is 2.03. The molecule has 1 aromatic rings. The molecule has 0 aromatic heterocycles. The number of carboxylic acid groups (broad SMARTS) is 1. The summed E-state index contributed by atoms with van der Waals surface area (Å²) in [5.74, 6) is -1.29. The van der Waals surface area contributed by atoms with Gasteiger partial charge in [-0.2, -0.15) is 0 Å². The molecule has 2 rings (SSSR count). The maximum atomic E-state index is 12.1. The molecular weight excluding hydrogens is 348 g/mol. The van der Waals surface area contributed by atoms with Gasteiger partial charge in [0.25, 0.3) is 0 Å². The lowest BCUT2D eigenvalue weighted by Gasteiger charge is -2.37. The molecule has 148 valence electrons. The highest BCUT2D eigenvalue weighted by Crippen LogP contribution is 2.28. The normalized spacial score (nSPS) is 15.3. The zero-order valence-electron chi connectivity index (χ0n) is 16.3. The van der Waals surface area contributed by atoms with Gasteiger partial charge >= 0.3 is 5.97 Å². The van der Waals surface area contributed by atoms with Crippen molar-refractivity contribution < 1.29 is 19.5 Å². The van der Waals surface area contributed by atoms with Crippen LogP contribution in [0.5, 0.6) is 0 Å². The molecule has 8 nitrogen and oxygen atoms in total. The minimum atomic E-state index is -1.04. The molecule has 1 aromatic carbocycles. The zero-order chi connectivity index (χ0) is 20.2. The fourth-order valence-electron chi connectivity index (χ4n) is 3.04. The minimum Gasteiger partial charge on any atom is -0.478 e. The van der Waals surface area contributed by atoms with Crippen LogP contribution in [0, 0.1) is 0 Å². The van der Waals surface area contributed by atoms with Crippen LogP contribution in [0.3, 0.4) is 0 Å². The van der Waals surface area contributed by atoms with Crippen LogP contribution in [-0.2, 0) is 9.59 Å². The van der Waals surface area contributed by atoms with Crippen molar-refractivity contribution >= 4 is 29.2 Å². The fourth-order valence-corrected chi connectivity index (χ4v) is 3.04. The Morgan fingerprint density at radius 1 is 1.11 bits per heavy atom. The van der Waals surface area contributed by atoms with Crippen molar-refractivity contribution in [2.24, 2.45) is 0 Å². The summed E-state index contributed by atoms with van der Waals surface area (Å²) in [5.41, 5.74) is 1.15. The first-order valence-electron chi connectivity index (χ1n) is 8.98. The van der Waals surface area contributed by atoms with Gasteiger partial charge in [-0.15, -0.1) is 0 Å². The highest BCUT2D eigenvalue weighted by atomic mass is 16.4. The third-order valence-corrected chi connectivity index (χ3v) is 4.15. The number of nitrogens with one attached hydrogen (secondary N) is 2. The standard InChI is InChI=1S/C19H28N4O4/c1-13(24)20-15-11-14(18(26)27)5-6-16(15)23-9-7-22(8-10-23)12-17(25)21-19(2,3)4/h5-6,11H,7-10,12H2,1-4H3,(H,20,24)(H,21,25)(H,26,27). The molecule has 1 fully saturated rings. The summed E-state index contributed by atoms with van der Waals surface area (Å²) in [6, 6.07) is 4.73. The van der Waals surface area contributed by atoms with Crippen LogP contribution in [0.4, 0.5) is 11.4 Å². The van der Waals surface area contributed by atoms with Crippen LogP contribution in [0.1, 0.15) is 38.1 Å². The third-order valence-electron chi connectivity index (χ3n) is 4.15. The molecule has 0 aliphatic carbocycles. The Morgan fingerprint density at radius 2 is 1.74 bits per heavy atom. The lowest BCUT2D eigenvalue weighted by molar-refractivity contribution is -0.123. The summed E-state index contributed by atoms with van der Waals surface area (Å²) in [6.45, 7) is 10.4. The average molecular weight is 376 g/mol. The van der Waals surface area contributed by atoms with Crippen LogP contribution in [0.25, 0.3) is 0 Å². The van der Waals surface area contributed by atoms with Gasteiger partial charge in [-0.3, -0.25) is 14.5 Å². The fraction of sp³-hybridized carbons (Fsp3) is 0.526. The number of hydrogen-bond acceptors (Lipinski definition) is 5. The van der Waals surface area contributed by atoms with Crippen molar-refractivity contribution in [2.45, 2.75) is 33.2 Å². The number of piperazine rings is 1. The van der Waals surface area contributed by atoms with Crippen molar-refractivity contribution in [1.29, 1.82) is 0 Å². The molecular formula is C19H28N4O4. The number of hydrogen-bond donors (Lipinski definition) is 3. The highest BCUT2D eigenvalue weighted by Gasteiger charge is 2.23. The zero-order valence-corrected chi connectivity index (χ0v) is 16.3. The van der Waals surface area contributed by atoms with Crippen molar-refractivity contribution in [2.75, 3.05) is 42.9 Å². The van der Waals surface area contributed by atoms with E-state index in [4.69, 9.17) is 0 Å². The Kier molecular flexibility index (Phi) is 6.43. The van der Waals surface area contributed by atoms with E-state index >= 15 is 0 Å². The van der Waals surface area contributed by atoms with Gasteiger partial charge in [-0.1, -0.05) is 0 Å². The summed E-state index contributed by atoms with van der Waals surface area (Å²) < 4.78 is 0. The number of benzene rings is 1. The molecule has 27 heavy (non-hydrogen) atoms. The van der Waals surface area contributed by atoms with E-state index in [0.29, 0.717) is 38.4 Å². The molecule has 8 heteroatoms. The van der Waals surface area contributed by atoms with Gasteiger partial charge in [-0.05, 0) is 39.0 Å². The van der Waals surface area contributed by atoms with E-state index in [2.05, 4.69) is 20.4 Å². The molecule has 1 aliphatic rings. The first-order valence-corrected chi connectivity index (χ1v) is 8.98. The molecule has 3 N–H and O–H groups in total. The molecule has 0 unspecified atom stereocenters. The second kappa shape index (κ2) is 8.39. The summed E-state index contributed by atoms with van der Waals surface area (Å²) >= 11 is 0. The maximum absolute atomic E-state index is 12.1. The summed E-state index contributed by atoms with van der Waals surface area (Å²) in [5, 5.41) is 14.8. The quantitative estimate of drug-likeness (QED) is 0.718. The van der Waals surface area contributed by atoms with Crippen LogP contribution in [0.15, 0.2) is 18.2 Å². The van der Waals surface area contributed by atoms with Crippen molar-refractivity contribution in [3.8, 4) is 0 Å². The second-order valence-corrected chi connectivity index (χ2v) is 7.78. The molecule has 1 saturated heterocycles. The van der Waals surface area contributed by atoms with Gasteiger partial charge in [0.05, 0.1) is 23.5 Å². The number of anilines is 2. The van der Waals surface area contributed by atoms with E-state index in [1.165, 1.54) is 19.1 Å². The smallest absolute Gasteiger partial charge is 0.335 e. The number of carbonyl (C=O) groups excluding carboxylic acids is 2. The minimum absolute atomic E-state index is 0.000645. The van der Waals surface area contributed by atoms with Crippen LogP contribution in [0.2, 0.25) is 0 Å². The topological polar surface area (TPSA) is 102 Å². The van der Waals surface area contributed by atoms with Crippen molar-refractivity contribution in [3.05, 3.63) is 23.8 Å². The predicted molar refractivity (Wildman–Crippen MR) is 104 cm³/mol. The van der Waals surface area contributed by atoms with Crippen molar-refractivity contribution in [1.82, 2.24) is 10.2 Å². The van der Waals surface area contributed by atoms with E-state index < -0.39 is 5.97 Å². The van der Waals surface area contributed by atoms with Gasteiger partial charge in [0, 0.05) is 38.6 Å². The lowest BCUT2D eigenvalue weighted by atomic mass is 10.1. The maximum Gasteiger partial charge on any atom is 0.335 e. The number of amides is 2. The van der Waals surface area contributed by atoms with Gasteiger partial charge in [0.15, 0.2) is 0 Å². The van der Waals surface area contributed by atoms with E-state index in [1.807, 2.05) is 20.8 Å². The first-order chi connectivity index (χ1) is 12.5. The number of carboxylic acids is 1. The first kappa shape index (κ1) is 20.7. The third kappa shape index (κ3) is 6.25. The highest BCUT2D eigenvalue weighted by molar-refractivity contribution is 5.96. The van der Waals surface area contributed by atoms with Gasteiger partial charge in [0.1, 0.15) is 0 Å². The number of rotatable bonds is 5. The monoisotopic (exact) mass is 376 g/mol. The van der Waals surface area contributed by atoms with Gasteiger partial charge in [-0.25, -0.2) is 4.79 Å². The van der Waals surface area contributed by atoms with Crippen LogP contribution >= 0.6 is 0 Å². The van der Waals surface area contributed by atoms with Gasteiger partial charge in [0.2, 0.25) is 11.8 Å². The Morgan fingerprint density at radius 3 is 2.26 bits per heavy atom. The molecule has 0 atom stereocenters. The molecule has 0 saturated carbocycles. The largest absolute Gasteiger partial charge is 0.478 e. The van der Waals surface area contributed by atoms with E-state index in [9.17, 15) is 19.5 Å². The molecule has 1 heterocycles. The number of nitrogens with zero attached hydrogens (tertiary/aromatic N) is 2. The second-order valence-electron chi connectivity index (χ2n) is 7.78. The average Bonchev–Trinajstić information content (AvgIpc) is 2.53. The summed E-state index contributed by atoms with van der Waals surface area (Å²) in [4.78, 5) is 38.9. The Hall–Kier alpha value is -2.61. The lowest BCUT2D eigenvalue weighted by Crippen LogP contribution is -2.51. The van der Waals surface area contributed by atoms with E-state index in [-0.39, 0.29) is 22.9 Å². The van der Waals surface area contributed by atoms with Gasteiger partial charge < -0.3 is 20.6 Å². The van der Waals surface area contributed by atoms with Crippen LogP contribution in [-0.4, -0.2) is 66.1 Å². The number of aromatic carboxylic acids is 1. The molecule has 1 aliphatic heterocycles. The Bertz CT molecular complexity index is 719. The van der Waals surface area contributed by atoms with Crippen LogP contribution < -0.4 is 15.5 Å². The summed E-state index contributed by atoms with van der Waals surface area (Å²) in [7, 11) is 0. The molecule has 0 spiro atoms. The van der Waals surface area contributed by atoms with E-state index in [1.54, 1.807) is 6.07 Å². The van der Waals surface area contributed by atoms with E-state index in [0.717, 1.165) is 5.69 Å². The SMILES string of the molecule is CC(=O)Nc1cc(C(=O)O)ccc1N1CCN(CC(=O)NC(C)(C)C)CC1. The molecule has 2 amide bonds. The molecule has 0 bridgehead atoms. The summed E-state index contributed by atoms with van der Waals surface area (Å²) in [6.07, 6.45) is 0. The Labute approximate surface area is 159 Å².